The van der Waals surface area contributed by atoms with Gasteiger partial charge in [0, 0.05) is 18.8 Å². The summed E-state index contributed by atoms with van der Waals surface area (Å²) in [4.78, 5) is 24.2. The average molecular weight is 235 g/mol. The number of carbonyl (C=O) groups is 2. The third-order valence-corrected chi connectivity index (χ3v) is 2.57. The van der Waals surface area contributed by atoms with Crippen LogP contribution >= 0.6 is 11.6 Å². The van der Waals surface area contributed by atoms with E-state index < -0.39 is 11.9 Å². The van der Waals surface area contributed by atoms with Crippen molar-refractivity contribution in [3.8, 4) is 0 Å². The number of amides is 2. The largest absolute Gasteiger partial charge is 0.377 e. The number of carbonyl (C=O) groups excluding carboxylic acids is 2. The van der Waals surface area contributed by atoms with Gasteiger partial charge >= 0.3 is 0 Å². The minimum Gasteiger partial charge on any atom is -0.377 e. The molecule has 5 nitrogen and oxygen atoms in total. The third-order valence-electron chi connectivity index (χ3n) is 2.30. The van der Waals surface area contributed by atoms with Crippen molar-refractivity contribution < 1.29 is 14.3 Å². The predicted molar refractivity (Wildman–Crippen MR) is 55.5 cm³/mol. The van der Waals surface area contributed by atoms with Gasteiger partial charge in [0.1, 0.15) is 6.04 Å². The Labute approximate surface area is 93.5 Å². The van der Waals surface area contributed by atoms with E-state index in [4.69, 9.17) is 22.1 Å². The highest BCUT2D eigenvalue weighted by molar-refractivity contribution is 6.17. The summed E-state index contributed by atoms with van der Waals surface area (Å²) < 4.78 is 5.11. The summed E-state index contributed by atoms with van der Waals surface area (Å²) in [6.07, 6.45) is 0.969. The topological polar surface area (TPSA) is 72.6 Å². The molecule has 1 saturated heterocycles. The molecule has 0 aromatic carbocycles. The first-order valence-electron chi connectivity index (χ1n) is 4.89. The number of halogens is 1. The second kappa shape index (κ2) is 5.92. The molecule has 1 aliphatic rings. The Hall–Kier alpha value is -0.810. The number of morpholine rings is 1. The number of primary amides is 1. The maximum atomic E-state index is 11.7. The summed E-state index contributed by atoms with van der Waals surface area (Å²) in [6.45, 7) is 1.08. The quantitative estimate of drug-likeness (QED) is 0.680. The summed E-state index contributed by atoms with van der Waals surface area (Å²) in [5, 5.41) is 0. The molecule has 0 bridgehead atoms. The van der Waals surface area contributed by atoms with Crippen LogP contribution in [0.25, 0.3) is 0 Å². The first-order chi connectivity index (χ1) is 7.16. The molecule has 86 valence electrons. The van der Waals surface area contributed by atoms with Crippen molar-refractivity contribution in [3.05, 3.63) is 0 Å². The van der Waals surface area contributed by atoms with E-state index in [-0.39, 0.29) is 12.5 Å². The van der Waals surface area contributed by atoms with Gasteiger partial charge in [0.2, 0.25) is 11.8 Å². The molecule has 2 N–H and O–H groups in total. The number of alkyl halides is 1. The Morgan fingerprint density at radius 2 is 2.27 bits per heavy atom. The number of nitrogens with zero attached hydrogens (tertiary/aromatic N) is 1. The Balaban J connectivity index is 2.55. The molecule has 2 amide bonds. The average Bonchev–Trinajstić information content (AvgIpc) is 2.25. The predicted octanol–water partition coefficient (Wildman–Crippen LogP) is -0.282. The SMILES string of the molecule is NC(=O)C1COCCN1C(=O)CCCCl. The van der Waals surface area contributed by atoms with Crippen LogP contribution in [0.3, 0.4) is 0 Å². The first kappa shape index (κ1) is 12.3. The zero-order valence-corrected chi connectivity index (χ0v) is 9.20. The molecule has 1 fully saturated rings. The van der Waals surface area contributed by atoms with Gasteiger partial charge < -0.3 is 15.4 Å². The van der Waals surface area contributed by atoms with Crippen molar-refractivity contribution in [1.29, 1.82) is 0 Å². The number of nitrogens with two attached hydrogens (primary N) is 1. The molecule has 6 heteroatoms. The lowest BCUT2D eigenvalue weighted by molar-refractivity contribution is -0.147. The van der Waals surface area contributed by atoms with E-state index in [0.29, 0.717) is 31.9 Å². The molecule has 1 heterocycles. The van der Waals surface area contributed by atoms with Gasteiger partial charge in [-0.15, -0.1) is 11.6 Å². The van der Waals surface area contributed by atoms with Gasteiger partial charge in [0.25, 0.3) is 0 Å². The van der Waals surface area contributed by atoms with Gasteiger partial charge in [-0.2, -0.15) is 0 Å². The molecular weight excluding hydrogens is 220 g/mol. The molecule has 0 aromatic heterocycles. The molecule has 1 rings (SSSR count). The Bertz CT molecular complexity index is 248. The number of ether oxygens (including phenoxy) is 1. The third kappa shape index (κ3) is 3.35. The fourth-order valence-corrected chi connectivity index (χ4v) is 1.63. The van der Waals surface area contributed by atoms with Crippen molar-refractivity contribution in [2.24, 2.45) is 5.73 Å². The van der Waals surface area contributed by atoms with Gasteiger partial charge in [-0.3, -0.25) is 9.59 Å². The standard InChI is InChI=1S/C9H15ClN2O3/c10-3-1-2-8(13)12-4-5-15-6-7(12)9(11)14/h7H,1-6H2,(H2,11,14). The molecule has 1 atom stereocenters. The lowest BCUT2D eigenvalue weighted by Gasteiger charge is -2.33. The highest BCUT2D eigenvalue weighted by Crippen LogP contribution is 2.09. The minimum absolute atomic E-state index is 0.0808. The monoisotopic (exact) mass is 234 g/mol. The molecule has 0 radical (unpaired) electrons. The van der Waals surface area contributed by atoms with E-state index in [1.165, 1.54) is 4.90 Å². The highest BCUT2D eigenvalue weighted by Gasteiger charge is 2.30. The van der Waals surface area contributed by atoms with Crippen molar-refractivity contribution >= 4 is 23.4 Å². The van der Waals surface area contributed by atoms with E-state index in [1.54, 1.807) is 0 Å². The van der Waals surface area contributed by atoms with E-state index in [0.717, 1.165) is 0 Å². The fraction of sp³-hybridized carbons (Fsp3) is 0.778. The maximum Gasteiger partial charge on any atom is 0.242 e. The molecule has 0 spiro atoms. The number of rotatable bonds is 4. The van der Waals surface area contributed by atoms with Crippen LogP contribution in [0, 0.1) is 0 Å². The summed E-state index contributed by atoms with van der Waals surface area (Å²) in [5.74, 6) is -0.159. The zero-order valence-electron chi connectivity index (χ0n) is 8.45. The van der Waals surface area contributed by atoms with E-state index in [9.17, 15) is 9.59 Å². The molecule has 0 aliphatic carbocycles. The van der Waals surface area contributed by atoms with Crippen LogP contribution in [0.4, 0.5) is 0 Å². The second-order valence-electron chi connectivity index (χ2n) is 3.37. The van der Waals surface area contributed by atoms with Crippen LogP contribution in [0.15, 0.2) is 0 Å². The summed E-state index contributed by atoms with van der Waals surface area (Å²) in [6, 6.07) is -0.624. The minimum atomic E-state index is -0.624. The summed E-state index contributed by atoms with van der Waals surface area (Å²) >= 11 is 5.50. The van der Waals surface area contributed by atoms with Crippen LogP contribution in [0.5, 0.6) is 0 Å². The Kier molecular flexibility index (Phi) is 4.84. The van der Waals surface area contributed by atoms with E-state index >= 15 is 0 Å². The first-order valence-corrected chi connectivity index (χ1v) is 5.42. The second-order valence-corrected chi connectivity index (χ2v) is 3.75. The molecule has 15 heavy (non-hydrogen) atoms. The number of hydrogen-bond acceptors (Lipinski definition) is 3. The number of hydrogen-bond donors (Lipinski definition) is 1. The van der Waals surface area contributed by atoms with E-state index in [1.807, 2.05) is 0 Å². The summed E-state index contributed by atoms with van der Waals surface area (Å²) in [5.41, 5.74) is 5.19. The van der Waals surface area contributed by atoms with Crippen molar-refractivity contribution in [1.82, 2.24) is 4.90 Å². The van der Waals surface area contributed by atoms with Gasteiger partial charge in [-0.25, -0.2) is 0 Å². The van der Waals surface area contributed by atoms with Crippen LogP contribution in [-0.4, -0.2) is 48.4 Å². The van der Waals surface area contributed by atoms with Crippen molar-refractivity contribution in [3.63, 3.8) is 0 Å². The highest BCUT2D eigenvalue weighted by atomic mass is 35.5. The summed E-state index contributed by atoms with van der Waals surface area (Å²) in [7, 11) is 0. The van der Waals surface area contributed by atoms with E-state index in [2.05, 4.69) is 0 Å². The maximum absolute atomic E-state index is 11.7. The van der Waals surface area contributed by atoms with Crippen LogP contribution in [0.1, 0.15) is 12.8 Å². The molecule has 1 aliphatic heterocycles. The zero-order chi connectivity index (χ0) is 11.3. The van der Waals surface area contributed by atoms with Gasteiger partial charge in [-0.1, -0.05) is 0 Å². The van der Waals surface area contributed by atoms with Crippen LogP contribution < -0.4 is 5.73 Å². The van der Waals surface area contributed by atoms with Gasteiger partial charge in [0.15, 0.2) is 0 Å². The molecule has 0 saturated carbocycles. The van der Waals surface area contributed by atoms with Crippen LogP contribution in [0.2, 0.25) is 0 Å². The molecule has 0 aromatic rings. The Morgan fingerprint density at radius 1 is 1.53 bits per heavy atom. The lowest BCUT2D eigenvalue weighted by atomic mass is 10.2. The molecular formula is C9H15ClN2O3. The fourth-order valence-electron chi connectivity index (χ4n) is 1.50. The van der Waals surface area contributed by atoms with Crippen molar-refractivity contribution in [2.75, 3.05) is 25.6 Å². The lowest BCUT2D eigenvalue weighted by Crippen LogP contribution is -2.54. The normalized spacial score (nSPS) is 21.4. The smallest absolute Gasteiger partial charge is 0.242 e. The molecule has 1 unspecified atom stereocenters. The van der Waals surface area contributed by atoms with Gasteiger partial charge in [0.05, 0.1) is 13.2 Å². The van der Waals surface area contributed by atoms with Gasteiger partial charge in [-0.05, 0) is 6.42 Å². The van der Waals surface area contributed by atoms with Crippen molar-refractivity contribution in [2.45, 2.75) is 18.9 Å². The Morgan fingerprint density at radius 3 is 2.87 bits per heavy atom. The van der Waals surface area contributed by atoms with Crippen LogP contribution in [-0.2, 0) is 14.3 Å².